The van der Waals surface area contributed by atoms with Crippen molar-refractivity contribution in [2.24, 2.45) is 7.05 Å². The highest BCUT2D eigenvalue weighted by Crippen LogP contribution is 2.28. The molecule has 0 unspecified atom stereocenters. The van der Waals surface area contributed by atoms with Gasteiger partial charge in [-0.05, 0) is 27.8 Å². The zero-order chi connectivity index (χ0) is 14.4. The van der Waals surface area contributed by atoms with Crippen LogP contribution in [0.25, 0.3) is 0 Å². The second-order valence-corrected chi connectivity index (χ2v) is 5.87. The molecule has 0 radical (unpaired) electrons. The third-order valence-electron chi connectivity index (χ3n) is 4.02. The molecule has 1 aromatic rings. The number of carbonyl (C=O) groups is 1. The van der Waals surface area contributed by atoms with Gasteiger partial charge in [0.1, 0.15) is 11.4 Å². The van der Waals surface area contributed by atoms with Gasteiger partial charge >= 0.3 is 5.97 Å². The first kappa shape index (κ1) is 13.9. The summed E-state index contributed by atoms with van der Waals surface area (Å²) in [4.78, 5) is 15.9. The molecular formula is C13H22N4O2. The first-order valence-corrected chi connectivity index (χ1v) is 6.47. The average Bonchev–Trinajstić information content (AvgIpc) is 2.57. The van der Waals surface area contributed by atoms with Gasteiger partial charge in [-0.25, -0.2) is 4.79 Å². The summed E-state index contributed by atoms with van der Waals surface area (Å²) in [6.07, 6.45) is 0. The third-order valence-corrected chi connectivity index (χ3v) is 4.02. The van der Waals surface area contributed by atoms with Crippen LogP contribution in [0.1, 0.15) is 29.9 Å². The first-order valence-electron chi connectivity index (χ1n) is 6.47. The van der Waals surface area contributed by atoms with Crippen LogP contribution in [-0.2, 0) is 7.05 Å². The van der Waals surface area contributed by atoms with Crippen LogP contribution in [0.2, 0.25) is 0 Å². The highest BCUT2D eigenvalue weighted by atomic mass is 16.4. The Morgan fingerprint density at radius 3 is 2.47 bits per heavy atom. The lowest BCUT2D eigenvalue weighted by Crippen LogP contribution is -2.58. The van der Waals surface area contributed by atoms with Crippen molar-refractivity contribution in [3.8, 4) is 0 Å². The van der Waals surface area contributed by atoms with Crippen molar-refractivity contribution in [1.29, 1.82) is 0 Å². The second-order valence-electron chi connectivity index (χ2n) is 5.87. The number of aryl methyl sites for hydroxylation is 2. The van der Waals surface area contributed by atoms with E-state index in [1.807, 2.05) is 0 Å². The second kappa shape index (κ2) is 4.52. The van der Waals surface area contributed by atoms with Crippen molar-refractivity contribution < 1.29 is 9.90 Å². The summed E-state index contributed by atoms with van der Waals surface area (Å²) in [5, 5.41) is 13.6. The lowest BCUT2D eigenvalue weighted by atomic mass is 9.99. The predicted molar refractivity (Wildman–Crippen MR) is 73.8 cm³/mol. The van der Waals surface area contributed by atoms with Gasteiger partial charge in [0, 0.05) is 32.2 Å². The Bertz CT molecular complexity index is 507. The summed E-state index contributed by atoms with van der Waals surface area (Å²) in [7, 11) is 3.91. The molecule has 19 heavy (non-hydrogen) atoms. The van der Waals surface area contributed by atoms with Crippen molar-refractivity contribution in [3.05, 3.63) is 11.3 Å². The molecule has 1 aliphatic heterocycles. The fourth-order valence-electron chi connectivity index (χ4n) is 2.68. The minimum absolute atomic E-state index is 0.0200. The van der Waals surface area contributed by atoms with Crippen molar-refractivity contribution in [1.82, 2.24) is 14.7 Å². The quantitative estimate of drug-likeness (QED) is 0.864. The third kappa shape index (κ3) is 2.32. The molecule has 1 fully saturated rings. The van der Waals surface area contributed by atoms with Gasteiger partial charge in [-0.2, -0.15) is 5.10 Å². The number of piperazine rings is 1. The van der Waals surface area contributed by atoms with Crippen molar-refractivity contribution in [3.63, 3.8) is 0 Å². The zero-order valence-electron chi connectivity index (χ0n) is 12.3. The van der Waals surface area contributed by atoms with Gasteiger partial charge in [-0.15, -0.1) is 0 Å². The number of aromatic nitrogens is 2. The fraction of sp³-hybridized carbons (Fsp3) is 0.692. The highest BCUT2D eigenvalue weighted by Gasteiger charge is 2.34. The number of carboxylic acid groups (broad SMARTS) is 1. The number of hydrogen-bond donors (Lipinski definition) is 1. The molecule has 1 N–H and O–H groups in total. The molecule has 0 saturated carbocycles. The van der Waals surface area contributed by atoms with Crippen LogP contribution in [0.3, 0.4) is 0 Å². The van der Waals surface area contributed by atoms with Gasteiger partial charge in [0.15, 0.2) is 0 Å². The Hall–Kier alpha value is -1.56. The fourth-order valence-corrected chi connectivity index (χ4v) is 2.68. The van der Waals surface area contributed by atoms with Gasteiger partial charge in [0.05, 0.1) is 5.69 Å². The first-order chi connectivity index (χ1) is 8.74. The van der Waals surface area contributed by atoms with E-state index in [0.717, 1.165) is 19.6 Å². The van der Waals surface area contributed by atoms with Gasteiger partial charge in [0.25, 0.3) is 0 Å². The Labute approximate surface area is 113 Å². The summed E-state index contributed by atoms with van der Waals surface area (Å²) in [5.74, 6) is -0.191. The molecule has 106 valence electrons. The summed E-state index contributed by atoms with van der Waals surface area (Å²) in [6, 6.07) is 0. The summed E-state index contributed by atoms with van der Waals surface area (Å²) >= 11 is 0. The number of anilines is 1. The molecule has 1 saturated heterocycles. The Kier molecular flexibility index (Phi) is 3.30. The molecule has 6 heteroatoms. The van der Waals surface area contributed by atoms with E-state index in [1.165, 1.54) is 0 Å². The van der Waals surface area contributed by atoms with E-state index in [2.05, 4.69) is 35.8 Å². The molecule has 0 amide bonds. The zero-order valence-corrected chi connectivity index (χ0v) is 12.3. The van der Waals surface area contributed by atoms with E-state index >= 15 is 0 Å². The minimum Gasteiger partial charge on any atom is -0.477 e. The number of carboxylic acids is 1. The number of likely N-dealkylation sites (N-methyl/N-ethyl adjacent to an activating group) is 1. The van der Waals surface area contributed by atoms with Crippen LogP contribution in [-0.4, -0.2) is 58.0 Å². The summed E-state index contributed by atoms with van der Waals surface area (Å²) < 4.78 is 1.68. The summed E-state index contributed by atoms with van der Waals surface area (Å²) in [5.41, 5.74) is 0.913. The molecular weight excluding hydrogens is 244 g/mol. The predicted octanol–water partition coefficient (Wildman–Crippen LogP) is 0.957. The van der Waals surface area contributed by atoms with Crippen molar-refractivity contribution in [2.75, 3.05) is 31.6 Å². The molecule has 1 aliphatic rings. The van der Waals surface area contributed by atoms with E-state index in [-0.39, 0.29) is 5.54 Å². The van der Waals surface area contributed by atoms with E-state index in [1.54, 1.807) is 18.7 Å². The molecule has 0 aromatic carbocycles. The van der Waals surface area contributed by atoms with E-state index in [9.17, 15) is 9.90 Å². The van der Waals surface area contributed by atoms with Crippen LogP contribution < -0.4 is 4.90 Å². The van der Waals surface area contributed by atoms with Gasteiger partial charge in [-0.1, -0.05) is 0 Å². The lowest BCUT2D eigenvalue weighted by molar-refractivity contribution is 0.0695. The highest BCUT2D eigenvalue weighted by molar-refractivity contribution is 5.94. The van der Waals surface area contributed by atoms with E-state index < -0.39 is 5.97 Å². The number of aromatic carboxylic acids is 1. The van der Waals surface area contributed by atoms with Gasteiger partial charge in [-0.3, -0.25) is 9.58 Å². The van der Waals surface area contributed by atoms with Crippen LogP contribution in [0.15, 0.2) is 0 Å². The largest absolute Gasteiger partial charge is 0.477 e. The maximum absolute atomic E-state index is 11.4. The van der Waals surface area contributed by atoms with Crippen LogP contribution in [0.4, 0.5) is 5.82 Å². The smallest absolute Gasteiger partial charge is 0.341 e. The number of rotatable bonds is 2. The average molecular weight is 266 g/mol. The molecule has 2 heterocycles. The molecule has 0 aliphatic carbocycles. The topological polar surface area (TPSA) is 61.6 Å². The SMILES string of the molecule is Cc1nn(C)c(N2CCN(C)C(C)(C)C2)c1C(=O)O. The Morgan fingerprint density at radius 2 is 1.95 bits per heavy atom. The molecule has 6 nitrogen and oxygen atoms in total. The lowest BCUT2D eigenvalue weighted by Gasteiger charge is -2.46. The number of nitrogens with zero attached hydrogens (tertiary/aromatic N) is 4. The molecule has 2 rings (SSSR count). The maximum Gasteiger partial charge on any atom is 0.341 e. The van der Waals surface area contributed by atoms with Gasteiger partial charge in [0.2, 0.25) is 0 Å². The monoisotopic (exact) mass is 266 g/mol. The standard InChI is InChI=1S/C13H22N4O2/c1-9-10(12(18)19)11(16(5)14-9)17-7-6-15(4)13(2,3)8-17/h6-8H2,1-5H3,(H,18,19). The van der Waals surface area contributed by atoms with Crippen LogP contribution in [0, 0.1) is 6.92 Å². The van der Waals surface area contributed by atoms with E-state index in [0.29, 0.717) is 17.1 Å². The van der Waals surface area contributed by atoms with Crippen molar-refractivity contribution in [2.45, 2.75) is 26.3 Å². The normalized spacial score (nSPS) is 19.7. The van der Waals surface area contributed by atoms with E-state index in [4.69, 9.17) is 0 Å². The van der Waals surface area contributed by atoms with Gasteiger partial charge < -0.3 is 10.0 Å². The Balaban J connectivity index is 2.40. The molecule has 0 bridgehead atoms. The molecule has 0 atom stereocenters. The molecule has 1 aromatic heterocycles. The van der Waals surface area contributed by atoms with Crippen LogP contribution >= 0.6 is 0 Å². The minimum atomic E-state index is -0.905. The Morgan fingerprint density at radius 1 is 1.32 bits per heavy atom. The number of hydrogen-bond acceptors (Lipinski definition) is 4. The summed E-state index contributed by atoms with van der Waals surface area (Å²) in [6.45, 7) is 8.61. The van der Waals surface area contributed by atoms with Crippen molar-refractivity contribution >= 4 is 11.8 Å². The molecule has 0 spiro atoms. The van der Waals surface area contributed by atoms with Crippen LogP contribution in [0.5, 0.6) is 0 Å². The maximum atomic E-state index is 11.4.